The largest absolute Gasteiger partial charge is 0.392 e. The second-order valence-corrected chi connectivity index (χ2v) is 2.67. The predicted molar refractivity (Wildman–Crippen MR) is 42.4 cm³/mol. The maximum atomic E-state index is 9.26. The van der Waals surface area contributed by atoms with Crippen molar-refractivity contribution >= 4 is 0 Å². The molecule has 1 rings (SSSR count). The zero-order valence-corrected chi connectivity index (χ0v) is 6.71. The number of aliphatic hydroxyl groups excluding tert-OH is 1. The van der Waals surface area contributed by atoms with Crippen LogP contribution in [0.25, 0.3) is 0 Å². The summed E-state index contributed by atoms with van der Waals surface area (Å²) in [6, 6.07) is 0. The Kier molecular flexibility index (Phi) is 2.31. The van der Waals surface area contributed by atoms with Gasteiger partial charge < -0.3 is 5.11 Å². The molecule has 0 aromatic carbocycles. The van der Waals surface area contributed by atoms with E-state index in [0.29, 0.717) is 12.8 Å². The van der Waals surface area contributed by atoms with Gasteiger partial charge in [0.1, 0.15) is 0 Å². The van der Waals surface area contributed by atoms with Gasteiger partial charge in [-0.15, -0.1) is 0 Å². The van der Waals surface area contributed by atoms with Crippen molar-refractivity contribution in [2.24, 2.45) is 0 Å². The standard InChI is InChI=1S/C8H13NO2/c1-6-4-8(10)5-7(2)9(6)11-3/h8,10H,1-2,4-5H2,3H3. The predicted octanol–water partition coefficient (Wildman–Crippen LogP) is 1.03. The van der Waals surface area contributed by atoms with Gasteiger partial charge in [-0.2, -0.15) is 0 Å². The average Bonchev–Trinajstić information content (AvgIpc) is 1.85. The number of hydrogen-bond acceptors (Lipinski definition) is 3. The highest BCUT2D eigenvalue weighted by atomic mass is 16.7. The van der Waals surface area contributed by atoms with Crippen LogP contribution in [0.5, 0.6) is 0 Å². The lowest BCUT2D eigenvalue weighted by Gasteiger charge is -2.32. The molecule has 0 aromatic rings. The first-order valence-corrected chi connectivity index (χ1v) is 3.53. The first-order valence-electron chi connectivity index (χ1n) is 3.53. The van der Waals surface area contributed by atoms with Gasteiger partial charge in [0.05, 0.1) is 13.2 Å². The van der Waals surface area contributed by atoms with E-state index in [4.69, 9.17) is 4.84 Å². The van der Waals surface area contributed by atoms with Crippen LogP contribution in [0.1, 0.15) is 12.8 Å². The molecule has 1 N–H and O–H groups in total. The molecule has 0 atom stereocenters. The molecule has 3 heteroatoms. The van der Waals surface area contributed by atoms with Gasteiger partial charge >= 0.3 is 0 Å². The van der Waals surface area contributed by atoms with Crippen LogP contribution in [0.15, 0.2) is 24.6 Å². The minimum absolute atomic E-state index is 0.346. The summed E-state index contributed by atoms with van der Waals surface area (Å²) in [6.07, 6.45) is 0.779. The molecule has 0 radical (unpaired) electrons. The first kappa shape index (κ1) is 8.30. The Balaban J connectivity index is 2.67. The highest BCUT2D eigenvalue weighted by Crippen LogP contribution is 2.26. The molecular weight excluding hydrogens is 142 g/mol. The third kappa shape index (κ3) is 1.61. The van der Waals surface area contributed by atoms with Crippen LogP contribution in [-0.4, -0.2) is 23.4 Å². The highest BCUT2D eigenvalue weighted by molar-refractivity contribution is 5.11. The summed E-state index contributed by atoms with van der Waals surface area (Å²) in [5, 5.41) is 10.8. The van der Waals surface area contributed by atoms with Crippen LogP contribution in [0.2, 0.25) is 0 Å². The van der Waals surface area contributed by atoms with Crippen molar-refractivity contribution in [3.63, 3.8) is 0 Å². The molecular formula is C8H13NO2. The molecule has 0 aromatic heterocycles. The van der Waals surface area contributed by atoms with Crippen molar-refractivity contribution < 1.29 is 9.94 Å². The van der Waals surface area contributed by atoms with Crippen LogP contribution in [0, 0.1) is 0 Å². The summed E-state index contributed by atoms with van der Waals surface area (Å²) in [6.45, 7) is 7.49. The Morgan fingerprint density at radius 2 is 1.91 bits per heavy atom. The minimum Gasteiger partial charge on any atom is -0.392 e. The Morgan fingerprint density at radius 3 is 2.27 bits per heavy atom. The fraction of sp³-hybridized carbons (Fsp3) is 0.500. The number of piperidine rings is 1. The lowest BCUT2D eigenvalue weighted by molar-refractivity contribution is -0.0918. The van der Waals surface area contributed by atoms with Crippen molar-refractivity contribution in [2.75, 3.05) is 7.11 Å². The topological polar surface area (TPSA) is 32.7 Å². The lowest BCUT2D eigenvalue weighted by Crippen LogP contribution is -2.30. The highest BCUT2D eigenvalue weighted by Gasteiger charge is 2.22. The summed E-state index contributed by atoms with van der Waals surface area (Å²) in [5.41, 5.74) is 1.52. The maximum absolute atomic E-state index is 9.26. The fourth-order valence-corrected chi connectivity index (χ4v) is 1.26. The van der Waals surface area contributed by atoms with E-state index in [-0.39, 0.29) is 6.10 Å². The molecule has 1 fully saturated rings. The van der Waals surface area contributed by atoms with Gasteiger partial charge in [-0.25, -0.2) is 5.06 Å². The molecule has 3 nitrogen and oxygen atoms in total. The quantitative estimate of drug-likeness (QED) is 0.614. The van der Waals surface area contributed by atoms with E-state index in [2.05, 4.69) is 13.2 Å². The van der Waals surface area contributed by atoms with E-state index >= 15 is 0 Å². The Hall–Kier alpha value is -0.800. The SMILES string of the molecule is C=C1CC(O)CC(=C)N1OC. The van der Waals surface area contributed by atoms with Gasteiger partial charge in [-0.05, 0) is 0 Å². The van der Waals surface area contributed by atoms with Gasteiger partial charge in [0.25, 0.3) is 0 Å². The first-order chi connectivity index (χ1) is 5.15. The monoisotopic (exact) mass is 155 g/mol. The third-order valence-electron chi connectivity index (χ3n) is 1.70. The number of nitrogens with zero attached hydrogens (tertiary/aromatic N) is 1. The number of rotatable bonds is 1. The molecule has 0 spiro atoms. The van der Waals surface area contributed by atoms with Crippen molar-refractivity contribution in [1.82, 2.24) is 5.06 Å². The summed E-state index contributed by atoms with van der Waals surface area (Å²) in [4.78, 5) is 4.99. The molecule has 1 aliphatic rings. The second-order valence-electron chi connectivity index (χ2n) is 2.67. The van der Waals surface area contributed by atoms with Crippen LogP contribution >= 0.6 is 0 Å². The van der Waals surface area contributed by atoms with E-state index < -0.39 is 0 Å². The second kappa shape index (κ2) is 3.07. The van der Waals surface area contributed by atoms with Crippen LogP contribution in [0.3, 0.4) is 0 Å². The normalized spacial score (nSPS) is 21.1. The zero-order chi connectivity index (χ0) is 8.43. The van der Waals surface area contributed by atoms with Crippen molar-refractivity contribution in [3.8, 4) is 0 Å². The van der Waals surface area contributed by atoms with Crippen LogP contribution in [-0.2, 0) is 4.84 Å². The molecule has 1 heterocycles. The fourth-order valence-electron chi connectivity index (χ4n) is 1.26. The van der Waals surface area contributed by atoms with Gasteiger partial charge in [0.2, 0.25) is 0 Å². The van der Waals surface area contributed by atoms with Gasteiger partial charge in [0.15, 0.2) is 0 Å². The van der Waals surface area contributed by atoms with Crippen LogP contribution < -0.4 is 0 Å². The Bertz CT molecular complexity index is 171. The average molecular weight is 155 g/mol. The summed E-state index contributed by atoms with van der Waals surface area (Å²) in [7, 11) is 1.56. The zero-order valence-electron chi connectivity index (χ0n) is 6.71. The molecule has 0 bridgehead atoms. The molecule has 0 unspecified atom stereocenters. The van der Waals surface area contributed by atoms with E-state index in [1.165, 1.54) is 0 Å². The number of hydroxylamine groups is 2. The van der Waals surface area contributed by atoms with Gasteiger partial charge in [-0.3, -0.25) is 4.84 Å². The Labute approximate surface area is 66.5 Å². The number of hydrogen-bond donors (Lipinski definition) is 1. The number of aliphatic hydroxyl groups is 1. The maximum Gasteiger partial charge on any atom is 0.0650 e. The van der Waals surface area contributed by atoms with Gasteiger partial charge in [-0.1, -0.05) is 13.2 Å². The van der Waals surface area contributed by atoms with E-state index in [9.17, 15) is 5.11 Å². The van der Waals surface area contributed by atoms with Crippen molar-refractivity contribution in [2.45, 2.75) is 18.9 Å². The Morgan fingerprint density at radius 1 is 1.45 bits per heavy atom. The minimum atomic E-state index is -0.346. The van der Waals surface area contributed by atoms with Crippen molar-refractivity contribution in [3.05, 3.63) is 24.6 Å². The molecule has 62 valence electrons. The molecule has 11 heavy (non-hydrogen) atoms. The van der Waals surface area contributed by atoms with Crippen molar-refractivity contribution in [1.29, 1.82) is 0 Å². The smallest absolute Gasteiger partial charge is 0.0650 e. The summed E-state index contributed by atoms with van der Waals surface area (Å²) < 4.78 is 0. The van der Waals surface area contributed by atoms with E-state index in [1.54, 1.807) is 12.2 Å². The molecule has 0 saturated carbocycles. The molecule has 0 aliphatic carbocycles. The van der Waals surface area contributed by atoms with E-state index in [1.807, 2.05) is 0 Å². The lowest BCUT2D eigenvalue weighted by atomic mass is 10.0. The molecule has 1 saturated heterocycles. The molecule has 0 amide bonds. The summed E-state index contributed by atoms with van der Waals surface area (Å²) in [5.74, 6) is 0. The molecule has 1 aliphatic heterocycles. The van der Waals surface area contributed by atoms with E-state index in [0.717, 1.165) is 11.4 Å². The third-order valence-corrected chi connectivity index (χ3v) is 1.70. The van der Waals surface area contributed by atoms with Crippen LogP contribution in [0.4, 0.5) is 0 Å². The van der Waals surface area contributed by atoms with Gasteiger partial charge in [0, 0.05) is 24.2 Å². The summed E-state index contributed by atoms with van der Waals surface area (Å²) >= 11 is 0.